The van der Waals surface area contributed by atoms with Crippen LogP contribution in [0.3, 0.4) is 0 Å². The third-order valence-corrected chi connectivity index (χ3v) is 4.54. The molecule has 0 saturated heterocycles. The number of hydrogen-bond acceptors (Lipinski definition) is 6. The molecule has 0 atom stereocenters. The van der Waals surface area contributed by atoms with E-state index in [9.17, 15) is 9.59 Å². The lowest BCUT2D eigenvalue weighted by molar-refractivity contribution is -0.147. The molecule has 24 heavy (non-hydrogen) atoms. The van der Waals surface area contributed by atoms with E-state index in [4.69, 9.17) is 9.47 Å². The Labute approximate surface area is 142 Å². The summed E-state index contributed by atoms with van der Waals surface area (Å²) in [4.78, 5) is 30.5. The number of aromatic nitrogens is 2. The lowest BCUT2D eigenvalue weighted by Gasteiger charge is -2.10. The number of nitrogens with one attached hydrogen (secondary N) is 1. The number of esters is 1. The second-order valence-corrected chi connectivity index (χ2v) is 6.21. The molecule has 2 aromatic heterocycles. The number of aryl methyl sites for hydroxylation is 1. The molecule has 0 aliphatic rings. The van der Waals surface area contributed by atoms with Crippen LogP contribution in [0.1, 0.15) is 17.0 Å². The molecule has 2 heterocycles. The normalized spacial score (nSPS) is 10.8. The van der Waals surface area contributed by atoms with Crippen molar-refractivity contribution in [1.82, 2.24) is 9.97 Å². The molecule has 0 spiro atoms. The predicted molar refractivity (Wildman–Crippen MR) is 91.4 cm³/mol. The lowest BCUT2D eigenvalue weighted by atomic mass is 10.1. The van der Waals surface area contributed by atoms with Crippen molar-refractivity contribution in [3.8, 4) is 5.75 Å². The number of aromatic amines is 1. The van der Waals surface area contributed by atoms with Gasteiger partial charge in [0.05, 0.1) is 5.52 Å². The molecule has 1 aromatic carbocycles. The summed E-state index contributed by atoms with van der Waals surface area (Å²) < 4.78 is 11.2. The van der Waals surface area contributed by atoms with E-state index in [-0.39, 0.29) is 18.8 Å². The average Bonchev–Trinajstić information content (AvgIpc) is 3.03. The molecule has 0 fully saturated rings. The van der Waals surface area contributed by atoms with Gasteiger partial charge < -0.3 is 14.5 Å². The Morgan fingerprint density at radius 1 is 1.29 bits per heavy atom. The highest BCUT2D eigenvalue weighted by Crippen LogP contribution is 2.20. The van der Waals surface area contributed by atoms with Gasteiger partial charge in [0.25, 0.3) is 5.56 Å². The molecule has 0 unspecified atom stereocenters. The third-order valence-electron chi connectivity index (χ3n) is 3.63. The van der Waals surface area contributed by atoms with Crippen LogP contribution < -0.4 is 10.3 Å². The SMILES string of the molecule is Cc1cccc(OCC(=O)OCc2nc3ccsc3c(=O)[nH]2)c1C. The standard InChI is InChI=1S/C17H16N2O4S/c1-10-4-3-5-13(11(10)2)22-9-15(20)23-8-14-18-12-6-7-24-16(12)17(21)19-14/h3-7H,8-9H2,1-2H3,(H,18,19,21). The molecule has 7 heteroatoms. The van der Waals surface area contributed by atoms with Crippen LogP contribution in [-0.2, 0) is 16.1 Å². The molecular formula is C17H16N2O4S. The minimum absolute atomic E-state index is 0.101. The minimum Gasteiger partial charge on any atom is -0.482 e. The van der Waals surface area contributed by atoms with Gasteiger partial charge in [-0.25, -0.2) is 9.78 Å². The molecule has 0 aliphatic carbocycles. The Morgan fingerprint density at radius 3 is 2.96 bits per heavy atom. The van der Waals surface area contributed by atoms with Crippen molar-refractivity contribution in [1.29, 1.82) is 0 Å². The fourth-order valence-electron chi connectivity index (χ4n) is 2.20. The van der Waals surface area contributed by atoms with Gasteiger partial charge in [-0.15, -0.1) is 11.3 Å². The van der Waals surface area contributed by atoms with E-state index >= 15 is 0 Å². The van der Waals surface area contributed by atoms with Crippen molar-refractivity contribution >= 4 is 27.5 Å². The smallest absolute Gasteiger partial charge is 0.344 e. The Bertz CT molecular complexity index is 945. The Morgan fingerprint density at radius 2 is 2.12 bits per heavy atom. The summed E-state index contributed by atoms with van der Waals surface area (Å²) in [6.45, 7) is 3.61. The van der Waals surface area contributed by atoms with E-state index in [2.05, 4.69) is 9.97 Å². The number of ether oxygens (including phenoxy) is 2. The highest BCUT2D eigenvalue weighted by molar-refractivity contribution is 7.17. The van der Waals surface area contributed by atoms with Crippen LogP contribution in [-0.4, -0.2) is 22.5 Å². The molecule has 0 saturated carbocycles. The van der Waals surface area contributed by atoms with Crippen molar-refractivity contribution in [2.45, 2.75) is 20.5 Å². The second kappa shape index (κ2) is 6.84. The number of carbonyl (C=O) groups excluding carboxylic acids is 1. The summed E-state index contributed by atoms with van der Waals surface area (Å²) in [5, 5.41) is 1.79. The molecular weight excluding hydrogens is 328 g/mol. The second-order valence-electron chi connectivity index (χ2n) is 5.29. The van der Waals surface area contributed by atoms with Crippen molar-refractivity contribution in [3.63, 3.8) is 0 Å². The largest absolute Gasteiger partial charge is 0.482 e. The van der Waals surface area contributed by atoms with Crippen molar-refractivity contribution in [2.24, 2.45) is 0 Å². The number of H-pyrrole nitrogens is 1. The summed E-state index contributed by atoms with van der Waals surface area (Å²) >= 11 is 1.32. The summed E-state index contributed by atoms with van der Waals surface area (Å²) in [7, 11) is 0. The van der Waals surface area contributed by atoms with Gasteiger partial charge in [0, 0.05) is 0 Å². The average molecular weight is 344 g/mol. The van der Waals surface area contributed by atoms with Crippen molar-refractivity contribution in [3.05, 3.63) is 57.0 Å². The Hall–Kier alpha value is -2.67. The number of carbonyl (C=O) groups is 1. The Kier molecular flexibility index (Phi) is 4.61. The van der Waals surface area contributed by atoms with Gasteiger partial charge in [0.1, 0.15) is 22.9 Å². The zero-order valence-electron chi connectivity index (χ0n) is 13.3. The summed E-state index contributed by atoms with van der Waals surface area (Å²) in [5.41, 5.74) is 2.44. The summed E-state index contributed by atoms with van der Waals surface area (Å²) in [6.07, 6.45) is 0. The van der Waals surface area contributed by atoms with E-state index < -0.39 is 5.97 Å². The van der Waals surface area contributed by atoms with Crippen LogP contribution in [0.25, 0.3) is 10.2 Å². The first-order chi connectivity index (χ1) is 11.5. The van der Waals surface area contributed by atoms with Gasteiger partial charge in [0.2, 0.25) is 0 Å². The monoisotopic (exact) mass is 344 g/mol. The maximum Gasteiger partial charge on any atom is 0.344 e. The molecule has 3 aromatic rings. The van der Waals surface area contributed by atoms with Crippen LogP contribution in [0.15, 0.2) is 34.4 Å². The third kappa shape index (κ3) is 3.46. The molecule has 0 amide bonds. The first kappa shape index (κ1) is 16.2. The minimum atomic E-state index is -0.524. The van der Waals surface area contributed by atoms with Crippen LogP contribution >= 0.6 is 11.3 Å². The number of hydrogen-bond donors (Lipinski definition) is 1. The van der Waals surface area contributed by atoms with Gasteiger partial charge >= 0.3 is 5.97 Å². The molecule has 3 rings (SSSR count). The molecule has 0 aliphatic heterocycles. The van der Waals surface area contributed by atoms with Crippen LogP contribution in [0, 0.1) is 13.8 Å². The molecule has 1 N–H and O–H groups in total. The number of thiophene rings is 1. The summed E-state index contributed by atoms with van der Waals surface area (Å²) in [5.74, 6) is 0.438. The fraction of sp³-hybridized carbons (Fsp3) is 0.235. The van der Waals surface area contributed by atoms with Crippen LogP contribution in [0.5, 0.6) is 5.75 Å². The van der Waals surface area contributed by atoms with E-state index in [1.165, 1.54) is 11.3 Å². The van der Waals surface area contributed by atoms with E-state index in [1.807, 2.05) is 26.0 Å². The quantitative estimate of drug-likeness (QED) is 0.720. The van der Waals surface area contributed by atoms with E-state index in [0.717, 1.165) is 11.1 Å². The highest BCUT2D eigenvalue weighted by Gasteiger charge is 2.10. The molecule has 124 valence electrons. The van der Waals surface area contributed by atoms with Crippen LogP contribution in [0.2, 0.25) is 0 Å². The van der Waals surface area contributed by atoms with Crippen LogP contribution in [0.4, 0.5) is 0 Å². The van der Waals surface area contributed by atoms with Crippen molar-refractivity contribution < 1.29 is 14.3 Å². The number of nitrogens with zero attached hydrogens (tertiary/aromatic N) is 1. The van der Waals surface area contributed by atoms with Gasteiger partial charge in [-0.3, -0.25) is 4.79 Å². The lowest BCUT2D eigenvalue weighted by Crippen LogP contribution is -2.17. The van der Waals surface area contributed by atoms with E-state index in [0.29, 0.717) is 21.8 Å². The molecule has 6 nitrogen and oxygen atoms in total. The maximum atomic E-state index is 11.8. The van der Waals surface area contributed by atoms with Crippen molar-refractivity contribution in [2.75, 3.05) is 6.61 Å². The number of fused-ring (bicyclic) bond motifs is 1. The Balaban J connectivity index is 1.58. The number of benzene rings is 1. The van der Waals surface area contributed by atoms with Gasteiger partial charge in [0.15, 0.2) is 6.61 Å². The van der Waals surface area contributed by atoms with Gasteiger partial charge in [-0.2, -0.15) is 0 Å². The number of rotatable bonds is 5. The van der Waals surface area contributed by atoms with Gasteiger partial charge in [-0.1, -0.05) is 12.1 Å². The van der Waals surface area contributed by atoms with Gasteiger partial charge in [-0.05, 0) is 42.5 Å². The molecule has 0 bridgehead atoms. The fourth-order valence-corrected chi connectivity index (χ4v) is 2.92. The molecule has 0 radical (unpaired) electrons. The predicted octanol–water partition coefficient (Wildman–Crippen LogP) is 2.72. The topological polar surface area (TPSA) is 81.3 Å². The summed E-state index contributed by atoms with van der Waals surface area (Å²) in [6, 6.07) is 7.40. The van der Waals surface area contributed by atoms with E-state index in [1.54, 1.807) is 17.5 Å². The highest BCUT2D eigenvalue weighted by atomic mass is 32.1. The maximum absolute atomic E-state index is 11.8. The first-order valence-electron chi connectivity index (χ1n) is 7.35. The first-order valence-corrected chi connectivity index (χ1v) is 8.23. The zero-order valence-corrected chi connectivity index (χ0v) is 14.1. The zero-order chi connectivity index (χ0) is 17.1.